The molecule has 1 saturated heterocycles. The van der Waals surface area contributed by atoms with E-state index in [1.54, 1.807) is 0 Å². The highest BCUT2D eigenvalue weighted by Crippen LogP contribution is 2.35. The third kappa shape index (κ3) is 4.26. The van der Waals surface area contributed by atoms with Crippen LogP contribution in [0.2, 0.25) is 0 Å². The fourth-order valence-corrected chi connectivity index (χ4v) is 4.50. The maximum atomic E-state index is 3.86. The number of rotatable bonds is 3. The van der Waals surface area contributed by atoms with Crippen molar-refractivity contribution in [3.05, 3.63) is 35.4 Å². The number of thioether (sulfide) groups is 1. The van der Waals surface area contributed by atoms with Crippen LogP contribution in [0, 0.1) is 5.41 Å². The average Bonchev–Trinajstić information content (AvgIpc) is 2.40. The second kappa shape index (κ2) is 6.34. The summed E-state index contributed by atoms with van der Waals surface area (Å²) < 4.78 is 0. The van der Waals surface area contributed by atoms with Crippen molar-refractivity contribution in [2.75, 3.05) is 11.5 Å². The zero-order valence-corrected chi connectivity index (χ0v) is 15.3. The van der Waals surface area contributed by atoms with Crippen LogP contribution in [0.1, 0.15) is 65.1 Å². The summed E-state index contributed by atoms with van der Waals surface area (Å²) in [5.74, 6) is 2.54. The minimum absolute atomic E-state index is 0.233. The molecule has 2 atom stereocenters. The van der Waals surface area contributed by atoms with E-state index < -0.39 is 0 Å². The lowest BCUT2D eigenvalue weighted by molar-refractivity contribution is 0.232. The molecule has 1 aromatic rings. The molecule has 2 heteroatoms. The maximum Gasteiger partial charge on any atom is 0.0294 e. The molecule has 1 aliphatic rings. The monoisotopic (exact) mass is 305 g/mol. The van der Waals surface area contributed by atoms with Crippen molar-refractivity contribution in [1.29, 1.82) is 0 Å². The van der Waals surface area contributed by atoms with Crippen LogP contribution in [-0.4, -0.2) is 17.5 Å². The Morgan fingerprint density at radius 1 is 1.19 bits per heavy atom. The first kappa shape index (κ1) is 16.9. The van der Waals surface area contributed by atoms with E-state index in [1.165, 1.54) is 29.1 Å². The smallest absolute Gasteiger partial charge is 0.0294 e. The van der Waals surface area contributed by atoms with E-state index in [-0.39, 0.29) is 5.41 Å². The van der Waals surface area contributed by atoms with Crippen LogP contribution in [0.3, 0.4) is 0 Å². The summed E-state index contributed by atoms with van der Waals surface area (Å²) in [5.41, 5.74) is 3.45. The van der Waals surface area contributed by atoms with Gasteiger partial charge < -0.3 is 5.32 Å². The molecule has 21 heavy (non-hydrogen) atoms. The van der Waals surface area contributed by atoms with Gasteiger partial charge in [0.25, 0.3) is 0 Å². The Labute approximate surface area is 135 Å². The van der Waals surface area contributed by atoms with Gasteiger partial charge in [-0.25, -0.2) is 0 Å². The lowest BCUT2D eigenvalue weighted by Crippen LogP contribution is -2.47. The van der Waals surface area contributed by atoms with E-state index in [4.69, 9.17) is 0 Å². The Kier molecular flexibility index (Phi) is 5.10. The predicted octanol–water partition coefficient (Wildman–Crippen LogP) is 5.17. The van der Waals surface area contributed by atoms with Gasteiger partial charge in [0.05, 0.1) is 0 Å². The molecule has 0 bridgehead atoms. The van der Waals surface area contributed by atoms with Gasteiger partial charge in [-0.15, -0.1) is 0 Å². The van der Waals surface area contributed by atoms with Gasteiger partial charge in [-0.05, 0) is 41.1 Å². The van der Waals surface area contributed by atoms with Crippen molar-refractivity contribution in [2.24, 2.45) is 5.41 Å². The Hall–Kier alpha value is -0.470. The maximum absolute atomic E-state index is 3.86. The molecule has 0 amide bonds. The van der Waals surface area contributed by atoms with Gasteiger partial charge in [-0.3, -0.25) is 0 Å². The summed E-state index contributed by atoms with van der Waals surface area (Å²) in [6.45, 7) is 13.9. The molecule has 1 heterocycles. The van der Waals surface area contributed by atoms with Gasteiger partial charge >= 0.3 is 0 Å². The quantitative estimate of drug-likeness (QED) is 0.827. The normalized spacial score (nSPS) is 23.8. The lowest BCUT2D eigenvalue weighted by atomic mass is 9.81. The van der Waals surface area contributed by atoms with Crippen LogP contribution < -0.4 is 5.32 Å². The fraction of sp³-hybridized carbons (Fsp3) is 0.684. The standard InChI is InChI=1S/C19H31NS/c1-14(20-17-13-21-12-11-19(17,5)6)15-7-9-16(10-8-15)18(2,3)4/h7-10,14,17,20H,11-13H2,1-6H3. The Balaban J connectivity index is 2.04. The summed E-state index contributed by atoms with van der Waals surface area (Å²) in [5, 5.41) is 3.86. The summed E-state index contributed by atoms with van der Waals surface area (Å²) >= 11 is 2.09. The van der Waals surface area contributed by atoms with Crippen LogP contribution in [0.25, 0.3) is 0 Å². The van der Waals surface area contributed by atoms with E-state index >= 15 is 0 Å². The highest BCUT2D eigenvalue weighted by molar-refractivity contribution is 7.99. The lowest BCUT2D eigenvalue weighted by Gasteiger charge is -2.40. The third-order valence-electron chi connectivity index (χ3n) is 4.85. The van der Waals surface area contributed by atoms with Crippen molar-refractivity contribution < 1.29 is 0 Å². The number of benzene rings is 1. The van der Waals surface area contributed by atoms with Crippen LogP contribution in [0.5, 0.6) is 0 Å². The molecule has 0 spiro atoms. The molecule has 2 rings (SSSR count). The summed E-state index contributed by atoms with van der Waals surface area (Å²) in [6, 6.07) is 10.2. The third-order valence-corrected chi connectivity index (χ3v) is 5.91. The first-order valence-corrected chi connectivity index (χ1v) is 9.30. The zero-order valence-electron chi connectivity index (χ0n) is 14.5. The second-order valence-corrected chi connectivity index (χ2v) is 9.28. The van der Waals surface area contributed by atoms with Gasteiger partial charge in [-0.2, -0.15) is 11.8 Å². The van der Waals surface area contributed by atoms with Gasteiger partial charge in [0.15, 0.2) is 0 Å². The van der Waals surface area contributed by atoms with Crippen molar-refractivity contribution in [2.45, 2.75) is 65.5 Å². The average molecular weight is 306 g/mol. The van der Waals surface area contributed by atoms with Crippen LogP contribution in [0.4, 0.5) is 0 Å². The molecule has 0 aromatic heterocycles. The summed E-state index contributed by atoms with van der Waals surface area (Å²) in [6.07, 6.45) is 1.31. The summed E-state index contributed by atoms with van der Waals surface area (Å²) in [7, 11) is 0. The molecule has 118 valence electrons. The van der Waals surface area contributed by atoms with Crippen LogP contribution >= 0.6 is 11.8 Å². The molecule has 1 aromatic carbocycles. The van der Waals surface area contributed by atoms with Crippen LogP contribution in [0.15, 0.2) is 24.3 Å². The SMILES string of the molecule is CC(NC1CSCCC1(C)C)c1ccc(C(C)(C)C)cc1. The first-order chi connectivity index (χ1) is 9.70. The molecule has 0 saturated carbocycles. The van der Waals surface area contributed by atoms with Gasteiger partial charge in [0.2, 0.25) is 0 Å². The van der Waals surface area contributed by atoms with Crippen molar-refractivity contribution >= 4 is 11.8 Å². The first-order valence-electron chi connectivity index (χ1n) is 8.14. The number of hydrogen-bond donors (Lipinski definition) is 1. The van der Waals surface area contributed by atoms with E-state index in [1.807, 2.05) is 0 Å². The molecule has 2 unspecified atom stereocenters. The molecule has 1 aliphatic heterocycles. The van der Waals surface area contributed by atoms with Gasteiger partial charge in [0.1, 0.15) is 0 Å². The highest BCUT2D eigenvalue weighted by Gasteiger charge is 2.33. The minimum atomic E-state index is 0.233. The topological polar surface area (TPSA) is 12.0 Å². The molecule has 0 radical (unpaired) electrons. The number of nitrogens with one attached hydrogen (secondary N) is 1. The van der Waals surface area contributed by atoms with Crippen molar-refractivity contribution in [3.63, 3.8) is 0 Å². The highest BCUT2D eigenvalue weighted by atomic mass is 32.2. The Morgan fingerprint density at radius 2 is 1.81 bits per heavy atom. The summed E-state index contributed by atoms with van der Waals surface area (Å²) in [4.78, 5) is 0. The van der Waals surface area contributed by atoms with Gasteiger partial charge in [0, 0.05) is 17.8 Å². The van der Waals surface area contributed by atoms with Crippen molar-refractivity contribution in [3.8, 4) is 0 Å². The molecular formula is C19H31NS. The van der Waals surface area contributed by atoms with E-state index in [2.05, 4.69) is 82.9 Å². The van der Waals surface area contributed by atoms with E-state index in [0.29, 0.717) is 17.5 Å². The molecular weight excluding hydrogens is 274 g/mol. The fourth-order valence-electron chi connectivity index (χ4n) is 2.88. The van der Waals surface area contributed by atoms with Gasteiger partial charge in [-0.1, -0.05) is 58.9 Å². The zero-order chi connectivity index (χ0) is 15.7. The second-order valence-electron chi connectivity index (χ2n) is 8.13. The van der Waals surface area contributed by atoms with E-state index in [9.17, 15) is 0 Å². The largest absolute Gasteiger partial charge is 0.306 e. The molecule has 1 nitrogen and oxygen atoms in total. The Morgan fingerprint density at radius 3 is 2.33 bits per heavy atom. The minimum Gasteiger partial charge on any atom is -0.306 e. The molecule has 0 aliphatic carbocycles. The predicted molar refractivity (Wildman–Crippen MR) is 96.2 cm³/mol. The molecule has 1 fully saturated rings. The molecule has 1 N–H and O–H groups in total. The van der Waals surface area contributed by atoms with Crippen molar-refractivity contribution in [1.82, 2.24) is 5.32 Å². The number of hydrogen-bond acceptors (Lipinski definition) is 2. The van der Waals surface area contributed by atoms with Crippen LogP contribution in [-0.2, 0) is 5.41 Å². The Bertz CT molecular complexity index is 455. The van der Waals surface area contributed by atoms with E-state index in [0.717, 1.165) is 0 Å².